The summed E-state index contributed by atoms with van der Waals surface area (Å²) in [5, 5.41) is 57.4. The van der Waals surface area contributed by atoms with E-state index < -0.39 is 21.3 Å². The first kappa shape index (κ1) is 36.0. The summed E-state index contributed by atoms with van der Waals surface area (Å²) in [6.45, 7) is 15.9. The number of thiazole rings is 2. The van der Waals surface area contributed by atoms with Crippen molar-refractivity contribution in [2.45, 2.75) is 77.5 Å². The van der Waals surface area contributed by atoms with Gasteiger partial charge < -0.3 is 30.6 Å². The molecule has 2 N–H and O–H groups in total. The molecule has 0 saturated carbocycles. The van der Waals surface area contributed by atoms with Crippen molar-refractivity contribution in [1.82, 2.24) is 20.1 Å². The van der Waals surface area contributed by atoms with Gasteiger partial charge in [0.25, 0.3) is 0 Å². The molecular weight excluding hydrogens is 603 g/mol. The average molecular weight is 634 g/mol. The molecule has 4 rings (SSSR count). The van der Waals surface area contributed by atoms with E-state index in [4.69, 9.17) is 30.6 Å². The number of hydrogen-bond acceptors (Lipinski definition) is 16. The maximum absolute atomic E-state index is 10.1. The number of rotatable bonds is 2. The minimum Gasteiger partial charge on any atom is -0.356 e. The Balaban J connectivity index is 0.000000572. The van der Waals surface area contributed by atoms with Gasteiger partial charge in [-0.1, -0.05) is 0 Å². The Morgan fingerprint density at radius 2 is 0.949 bits per heavy atom. The fourth-order valence-corrected chi connectivity index (χ4v) is 4.11. The van der Waals surface area contributed by atoms with Crippen LogP contribution in [0.25, 0.3) is 0 Å². The molecule has 4 heterocycles. The summed E-state index contributed by atoms with van der Waals surface area (Å²) >= 11 is 2.96. The number of amidine groups is 2. The molecule has 219 valence electrons. The van der Waals surface area contributed by atoms with E-state index in [1.54, 1.807) is 12.4 Å². The summed E-state index contributed by atoms with van der Waals surface area (Å²) in [7, 11) is 0. The predicted molar refractivity (Wildman–Crippen MR) is 142 cm³/mol. The Morgan fingerprint density at radius 3 is 1.10 bits per heavy atom. The van der Waals surface area contributed by atoms with Crippen LogP contribution in [-0.2, 0) is 16.8 Å². The Morgan fingerprint density at radius 1 is 0.692 bits per heavy atom. The second-order valence-corrected chi connectivity index (χ2v) is 11.6. The maximum atomic E-state index is 10.1. The van der Waals surface area contributed by atoms with E-state index in [0.29, 0.717) is 11.7 Å². The summed E-state index contributed by atoms with van der Waals surface area (Å²) in [6.07, 6.45) is 3.43. The van der Waals surface area contributed by atoms with Crippen molar-refractivity contribution in [1.29, 1.82) is 0 Å². The molecule has 2 aromatic heterocycles. The van der Waals surface area contributed by atoms with Crippen LogP contribution in [0.1, 0.15) is 65.4 Å². The SMILES string of the molecule is CC1(C)N=C(c2nccs2)N(O)C1(C)C.CC1(C)N=C(c2nccs2)N(O)C1(C)C.O=[N+]([O-])[O-].O=[N+]([O-])[O-].[Co+2]. The van der Waals surface area contributed by atoms with Gasteiger partial charge in [-0.3, -0.25) is 20.4 Å². The molecule has 2 aromatic rings. The van der Waals surface area contributed by atoms with E-state index in [-0.39, 0.29) is 27.9 Å². The second-order valence-electron chi connectivity index (χ2n) is 9.85. The molecule has 2 aliphatic rings. The van der Waals surface area contributed by atoms with Crippen molar-refractivity contribution in [2.75, 3.05) is 0 Å². The van der Waals surface area contributed by atoms with Gasteiger partial charge in [0.05, 0.1) is 32.3 Å². The van der Waals surface area contributed by atoms with Crippen LogP contribution in [0.3, 0.4) is 0 Å². The number of aromatic nitrogens is 2. The van der Waals surface area contributed by atoms with E-state index in [0.717, 1.165) is 10.0 Å². The molecular formula is C20H30CoN8O8S2. The van der Waals surface area contributed by atoms with Crippen LogP contribution in [0.2, 0.25) is 0 Å². The average Bonchev–Trinajstić information content (AvgIpc) is 3.52. The first-order valence-electron chi connectivity index (χ1n) is 10.8. The van der Waals surface area contributed by atoms with Gasteiger partial charge in [-0.2, -0.15) is 0 Å². The van der Waals surface area contributed by atoms with Gasteiger partial charge in [0, 0.05) is 23.2 Å². The predicted octanol–water partition coefficient (Wildman–Crippen LogP) is 3.82. The van der Waals surface area contributed by atoms with Crippen LogP contribution in [0.15, 0.2) is 33.1 Å². The molecule has 0 aliphatic carbocycles. The van der Waals surface area contributed by atoms with Crippen molar-refractivity contribution in [2.24, 2.45) is 9.98 Å². The number of aliphatic imine (C=N–C) groups is 2. The van der Waals surface area contributed by atoms with Crippen LogP contribution in [0.4, 0.5) is 0 Å². The Kier molecular flexibility index (Phi) is 12.4. The van der Waals surface area contributed by atoms with Crippen molar-refractivity contribution in [3.8, 4) is 0 Å². The topological polar surface area (TPSA) is 230 Å². The summed E-state index contributed by atoms with van der Waals surface area (Å²) < 4.78 is 0. The third-order valence-electron chi connectivity index (χ3n) is 6.47. The Hall–Kier alpha value is -2.97. The molecule has 16 nitrogen and oxygen atoms in total. The first-order chi connectivity index (χ1) is 17.2. The monoisotopic (exact) mass is 633 g/mol. The third-order valence-corrected chi connectivity index (χ3v) is 8.01. The van der Waals surface area contributed by atoms with Crippen molar-refractivity contribution >= 4 is 34.3 Å². The van der Waals surface area contributed by atoms with E-state index in [2.05, 4.69) is 20.0 Å². The van der Waals surface area contributed by atoms with Gasteiger partial charge in [-0.05, 0) is 55.4 Å². The molecule has 2 aliphatic heterocycles. The first-order valence-corrected chi connectivity index (χ1v) is 12.6. The molecule has 0 saturated heterocycles. The number of nitrogens with zero attached hydrogens (tertiary/aromatic N) is 8. The smallest absolute Gasteiger partial charge is 0.356 e. The molecule has 39 heavy (non-hydrogen) atoms. The summed E-state index contributed by atoms with van der Waals surface area (Å²) in [5.41, 5.74) is -1.45. The largest absolute Gasteiger partial charge is 2.00 e. The Labute approximate surface area is 242 Å². The van der Waals surface area contributed by atoms with E-state index >= 15 is 0 Å². The zero-order valence-electron chi connectivity index (χ0n) is 22.4. The van der Waals surface area contributed by atoms with Gasteiger partial charge in [0.2, 0.25) is 0 Å². The van der Waals surface area contributed by atoms with Crippen LogP contribution in [0, 0.1) is 30.6 Å². The van der Waals surface area contributed by atoms with Gasteiger partial charge in [-0.25, -0.2) is 20.1 Å². The fourth-order valence-electron chi connectivity index (χ4n) is 2.89. The zero-order valence-corrected chi connectivity index (χ0v) is 25.1. The molecule has 19 heteroatoms. The van der Waals surface area contributed by atoms with Crippen LogP contribution >= 0.6 is 22.7 Å². The van der Waals surface area contributed by atoms with Crippen LogP contribution in [0.5, 0.6) is 0 Å². The number of hydrogen-bond donors (Lipinski definition) is 2. The van der Waals surface area contributed by atoms with E-state index in [1.165, 1.54) is 32.8 Å². The normalized spacial score (nSPS) is 18.9. The molecule has 1 radical (unpaired) electrons. The van der Waals surface area contributed by atoms with Gasteiger partial charge >= 0.3 is 16.8 Å². The maximum Gasteiger partial charge on any atom is 2.00 e. The van der Waals surface area contributed by atoms with Gasteiger partial charge in [0.15, 0.2) is 21.7 Å². The molecule has 0 atom stereocenters. The van der Waals surface area contributed by atoms with Gasteiger partial charge in [0.1, 0.15) is 0 Å². The second kappa shape index (κ2) is 13.4. The quantitative estimate of drug-likeness (QED) is 0.355. The molecule has 0 aromatic carbocycles. The fraction of sp³-hybridized carbons (Fsp3) is 0.600. The molecule has 0 bridgehead atoms. The molecule has 0 amide bonds. The molecule has 0 fully saturated rings. The zero-order chi connectivity index (χ0) is 29.7. The minimum atomic E-state index is -1.75. The van der Waals surface area contributed by atoms with Crippen molar-refractivity contribution in [3.05, 3.63) is 63.8 Å². The van der Waals surface area contributed by atoms with Crippen molar-refractivity contribution < 1.29 is 37.4 Å². The standard InChI is InChI=1S/2C10H15N3OS.Co.2NO3/c2*1-9(2)10(3,4)13(14)7(12-9)8-11-5-6-15-8;;2*2-1(3)4/h2*5-6,14H,1-4H3;;;/q;;+2;2*-1. The van der Waals surface area contributed by atoms with Gasteiger partial charge in [-0.15, -0.1) is 22.7 Å². The Bertz CT molecular complexity index is 1060. The summed E-state index contributed by atoms with van der Waals surface area (Å²) in [4.78, 5) is 33.9. The van der Waals surface area contributed by atoms with Crippen molar-refractivity contribution in [3.63, 3.8) is 0 Å². The molecule has 0 spiro atoms. The number of hydroxylamine groups is 4. The third kappa shape index (κ3) is 8.50. The van der Waals surface area contributed by atoms with Crippen LogP contribution < -0.4 is 0 Å². The van der Waals surface area contributed by atoms with Crippen LogP contribution in [-0.4, -0.2) is 74.5 Å². The van der Waals surface area contributed by atoms with E-state index in [9.17, 15) is 10.4 Å². The summed E-state index contributed by atoms with van der Waals surface area (Å²) in [5.74, 6) is 1.14. The minimum absolute atomic E-state index is 0. The summed E-state index contributed by atoms with van der Waals surface area (Å²) in [6, 6.07) is 0. The van der Waals surface area contributed by atoms with E-state index in [1.807, 2.05) is 66.2 Å². The molecule has 0 unspecified atom stereocenters.